The van der Waals surface area contributed by atoms with Crippen molar-refractivity contribution >= 4 is 17.7 Å². The van der Waals surface area contributed by atoms with Gasteiger partial charge in [0.15, 0.2) is 0 Å². The third-order valence-electron chi connectivity index (χ3n) is 7.55. The second-order valence-electron chi connectivity index (χ2n) is 10.7. The number of benzene rings is 3. The Kier molecular flexibility index (Phi) is 12.7. The van der Waals surface area contributed by atoms with Gasteiger partial charge in [0, 0.05) is 44.7 Å². The van der Waals surface area contributed by atoms with Gasteiger partial charge in [-0.05, 0) is 61.6 Å². The number of nitrogens with zero attached hydrogens (tertiary/aromatic N) is 1. The zero-order chi connectivity index (χ0) is 29.4. The van der Waals surface area contributed by atoms with Gasteiger partial charge in [0.1, 0.15) is 11.9 Å². The Bertz CT molecular complexity index is 1230. The average molecular weight is 573 g/mol. The molecule has 224 valence electrons. The van der Waals surface area contributed by atoms with Crippen LogP contribution < -0.4 is 20.7 Å². The number of piperidine rings is 1. The number of carbonyl (C=O) groups is 2. The molecule has 0 radical (unpaired) electrons. The molecule has 8 heteroatoms. The number of hydrogen-bond donors (Lipinski definition) is 3. The van der Waals surface area contributed by atoms with Crippen LogP contribution in [0.3, 0.4) is 0 Å². The highest BCUT2D eigenvalue weighted by atomic mass is 16.6. The van der Waals surface area contributed by atoms with Crippen molar-refractivity contribution in [1.82, 2.24) is 15.5 Å². The molecule has 0 aromatic heterocycles. The number of rotatable bonds is 15. The molecule has 3 aromatic carbocycles. The van der Waals surface area contributed by atoms with Crippen LogP contribution in [0.2, 0.25) is 0 Å². The lowest BCUT2D eigenvalue weighted by Gasteiger charge is -2.31. The number of anilines is 1. The van der Waals surface area contributed by atoms with Crippen molar-refractivity contribution in [3.8, 4) is 16.9 Å². The normalized spacial score (nSPS) is 13.8. The van der Waals surface area contributed by atoms with Crippen molar-refractivity contribution in [3.05, 3.63) is 84.4 Å². The largest absolute Gasteiger partial charge is 0.497 e. The number of nitrogens with one attached hydrogen (secondary N) is 3. The van der Waals surface area contributed by atoms with Gasteiger partial charge in [0.2, 0.25) is 5.91 Å². The molecule has 4 rings (SSSR count). The van der Waals surface area contributed by atoms with Crippen LogP contribution in [-0.2, 0) is 16.1 Å². The van der Waals surface area contributed by atoms with Gasteiger partial charge in [0.05, 0.1) is 12.8 Å². The van der Waals surface area contributed by atoms with Gasteiger partial charge in [-0.25, -0.2) is 4.79 Å². The molecular weight excluding hydrogens is 528 g/mol. The number of hydrogen-bond acceptors (Lipinski definition) is 6. The molecule has 0 unspecified atom stereocenters. The fraction of sp³-hybridized carbons (Fsp3) is 0.412. The average Bonchev–Trinajstić information content (AvgIpc) is 3.03. The first-order valence-electron chi connectivity index (χ1n) is 15.1. The molecular formula is C34H44N4O4. The summed E-state index contributed by atoms with van der Waals surface area (Å²) in [6.45, 7) is 4.88. The smallest absolute Gasteiger partial charge is 0.411 e. The Labute approximate surface area is 249 Å². The summed E-state index contributed by atoms with van der Waals surface area (Å²) in [5.41, 5.74) is 3.98. The van der Waals surface area contributed by atoms with Gasteiger partial charge < -0.3 is 25.0 Å². The number of carbonyl (C=O) groups excluding carboxylic acids is 2. The first-order valence-corrected chi connectivity index (χ1v) is 15.1. The number of ether oxygens (including phenoxy) is 2. The second-order valence-corrected chi connectivity index (χ2v) is 10.7. The molecule has 1 heterocycles. The monoisotopic (exact) mass is 572 g/mol. The molecule has 1 aliphatic rings. The Morgan fingerprint density at radius 3 is 2.33 bits per heavy atom. The van der Waals surface area contributed by atoms with Crippen LogP contribution in [0.15, 0.2) is 78.9 Å². The van der Waals surface area contributed by atoms with Crippen molar-refractivity contribution in [2.75, 3.05) is 45.2 Å². The van der Waals surface area contributed by atoms with E-state index in [9.17, 15) is 9.59 Å². The molecule has 1 fully saturated rings. The van der Waals surface area contributed by atoms with E-state index in [1.807, 2.05) is 66.7 Å². The summed E-state index contributed by atoms with van der Waals surface area (Å²) in [5, 5.41) is 9.43. The molecule has 1 aliphatic heterocycles. The number of para-hydroxylation sites is 1. The highest BCUT2D eigenvalue weighted by Crippen LogP contribution is 2.28. The number of unbranched alkanes of at least 4 members (excludes halogenated alkanes) is 2. The second kappa shape index (κ2) is 17.2. The van der Waals surface area contributed by atoms with Crippen molar-refractivity contribution in [1.29, 1.82) is 0 Å². The van der Waals surface area contributed by atoms with Crippen LogP contribution in [0, 0.1) is 0 Å². The molecule has 2 amide bonds. The SMILES string of the molecule is COc1ccc(CNCCCCCNC(=O)CCN2CCC(OC(=O)Nc3ccccc3-c3ccccc3)CC2)cc1. The topological polar surface area (TPSA) is 91.9 Å². The lowest BCUT2D eigenvalue weighted by molar-refractivity contribution is -0.121. The van der Waals surface area contributed by atoms with E-state index in [0.717, 1.165) is 93.9 Å². The molecule has 0 atom stereocenters. The summed E-state index contributed by atoms with van der Waals surface area (Å²) in [7, 11) is 1.67. The zero-order valence-corrected chi connectivity index (χ0v) is 24.6. The van der Waals surface area contributed by atoms with Crippen LogP contribution in [0.4, 0.5) is 10.5 Å². The highest BCUT2D eigenvalue weighted by molar-refractivity contribution is 5.91. The van der Waals surface area contributed by atoms with Crippen LogP contribution in [0.25, 0.3) is 11.1 Å². The Hall–Kier alpha value is -3.88. The van der Waals surface area contributed by atoms with Gasteiger partial charge in [-0.1, -0.05) is 67.1 Å². The molecule has 3 aromatic rings. The summed E-state index contributed by atoms with van der Waals surface area (Å²) in [4.78, 5) is 27.2. The minimum Gasteiger partial charge on any atom is -0.497 e. The Morgan fingerprint density at radius 1 is 0.857 bits per heavy atom. The maximum atomic E-state index is 12.6. The van der Waals surface area contributed by atoms with E-state index in [1.165, 1.54) is 5.56 Å². The van der Waals surface area contributed by atoms with Crippen LogP contribution in [0.5, 0.6) is 5.75 Å². The molecule has 0 saturated carbocycles. The fourth-order valence-electron chi connectivity index (χ4n) is 5.11. The van der Waals surface area contributed by atoms with Gasteiger partial charge in [-0.3, -0.25) is 10.1 Å². The van der Waals surface area contributed by atoms with Crippen molar-refractivity contribution in [3.63, 3.8) is 0 Å². The molecule has 0 aliphatic carbocycles. The zero-order valence-electron chi connectivity index (χ0n) is 24.6. The number of likely N-dealkylation sites (tertiary alicyclic amines) is 1. The van der Waals surface area contributed by atoms with Crippen molar-refractivity contribution in [2.24, 2.45) is 0 Å². The summed E-state index contributed by atoms with van der Waals surface area (Å²) < 4.78 is 10.9. The van der Waals surface area contributed by atoms with E-state index in [-0.39, 0.29) is 12.0 Å². The molecule has 8 nitrogen and oxygen atoms in total. The Morgan fingerprint density at radius 2 is 1.57 bits per heavy atom. The van der Waals surface area contributed by atoms with Crippen LogP contribution >= 0.6 is 0 Å². The molecule has 0 bridgehead atoms. The van der Waals surface area contributed by atoms with E-state index in [4.69, 9.17) is 9.47 Å². The maximum absolute atomic E-state index is 12.6. The van der Waals surface area contributed by atoms with Gasteiger partial charge in [-0.2, -0.15) is 0 Å². The minimum absolute atomic E-state index is 0.0995. The Balaban J connectivity index is 1.02. The highest BCUT2D eigenvalue weighted by Gasteiger charge is 2.23. The molecule has 0 spiro atoms. The maximum Gasteiger partial charge on any atom is 0.411 e. The molecule has 42 heavy (non-hydrogen) atoms. The number of methoxy groups -OCH3 is 1. The van der Waals surface area contributed by atoms with E-state index >= 15 is 0 Å². The summed E-state index contributed by atoms with van der Waals surface area (Å²) in [6, 6.07) is 25.8. The van der Waals surface area contributed by atoms with Crippen LogP contribution in [-0.4, -0.2) is 62.8 Å². The van der Waals surface area contributed by atoms with E-state index in [2.05, 4.69) is 33.0 Å². The summed E-state index contributed by atoms with van der Waals surface area (Å²) >= 11 is 0. The third-order valence-corrected chi connectivity index (χ3v) is 7.55. The van der Waals surface area contributed by atoms with Crippen molar-refractivity contribution in [2.45, 2.75) is 51.2 Å². The van der Waals surface area contributed by atoms with E-state index < -0.39 is 6.09 Å². The van der Waals surface area contributed by atoms with Gasteiger partial charge in [-0.15, -0.1) is 0 Å². The first kappa shape index (κ1) is 31.1. The van der Waals surface area contributed by atoms with Crippen molar-refractivity contribution < 1.29 is 19.1 Å². The van der Waals surface area contributed by atoms with Gasteiger partial charge >= 0.3 is 6.09 Å². The third kappa shape index (κ3) is 10.5. The predicted molar refractivity (Wildman–Crippen MR) is 168 cm³/mol. The molecule has 1 saturated heterocycles. The standard InChI is InChI=1S/C34H44N4O4/c1-41-29-16-14-27(15-17-29)26-35-21-8-3-9-22-36-33(39)20-25-38-23-18-30(19-24-38)42-34(40)37-32-13-7-6-12-31(32)28-10-4-2-5-11-28/h2,4-7,10-17,30,35H,3,8-9,18-26H2,1H3,(H,36,39)(H,37,40). The minimum atomic E-state index is -0.427. The summed E-state index contributed by atoms with van der Waals surface area (Å²) in [6.07, 6.45) is 4.62. The van der Waals surface area contributed by atoms with Gasteiger partial charge in [0.25, 0.3) is 0 Å². The lowest BCUT2D eigenvalue weighted by Crippen LogP contribution is -2.40. The number of amides is 2. The molecule has 3 N–H and O–H groups in total. The van der Waals surface area contributed by atoms with E-state index in [0.29, 0.717) is 6.42 Å². The van der Waals surface area contributed by atoms with E-state index in [1.54, 1.807) is 7.11 Å². The predicted octanol–water partition coefficient (Wildman–Crippen LogP) is 5.84. The summed E-state index contributed by atoms with van der Waals surface area (Å²) in [5.74, 6) is 0.973. The first-order chi connectivity index (χ1) is 20.6. The fourth-order valence-corrected chi connectivity index (χ4v) is 5.11. The lowest BCUT2D eigenvalue weighted by atomic mass is 10.0. The van der Waals surface area contributed by atoms with Crippen LogP contribution in [0.1, 0.15) is 44.1 Å². The quantitative estimate of drug-likeness (QED) is 0.198.